The summed E-state index contributed by atoms with van der Waals surface area (Å²) < 4.78 is 65.6. The van der Waals surface area contributed by atoms with Crippen LogP contribution in [0.25, 0.3) is 6.08 Å². The number of ether oxygens (including phenoxy) is 1. The molecule has 1 aliphatic heterocycles. The SMILES string of the molecule is C[C@H](OC(=O)/C=C/c1ccc(C(F)(F)F)cc1)C(=O)N(C)[C@@H]1CCS(=O)(=O)C1. The maximum atomic E-state index is 12.5. The number of likely N-dealkylation sites (N-methyl/N-ethyl adjacent to an activating group) is 1. The summed E-state index contributed by atoms with van der Waals surface area (Å²) >= 11 is 0. The normalized spacial score (nSPS) is 20.1. The Morgan fingerprint density at radius 2 is 1.86 bits per heavy atom. The van der Waals surface area contributed by atoms with Crippen LogP contribution in [0.1, 0.15) is 24.5 Å². The molecular weight excluding hydrogens is 399 g/mol. The number of hydrogen-bond acceptors (Lipinski definition) is 5. The van der Waals surface area contributed by atoms with Crippen LogP contribution in [0.3, 0.4) is 0 Å². The highest BCUT2D eigenvalue weighted by Gasteiger charge is 2.34. The molecule has 1 heterocycles. The lowest BCUT2D eigenvalue weighted by atomic mass is 10.1. The van der Waals surface area contributed by atoms with Gasteiger partial charge < -0.3 is 9.64 Å². The molecule has 1 saturated heterocycles. The van der Waals surface area contributed by atoms with Crippen molar-refractivity contribution in [2.45, 2.75) is 31.7 Å². The molecule has 0 radical (unpaired) electrons. The molecule has 1 aromatic rings. The van der Waals surface area contributed by atoms with Crippen molar-refractivity contribution in [2.75, 3.05) is 18.6 Å². The van der Waals surface area contributed by atoms with Gasteiger partial charge in [0.2, 0.25) is 0 Å². The summed E-state index contributed by atoms with van der Waals surface area (Å²) in [6, 6.07) is 3.73. The molecule has 0 N–H and O–H groups in total. The maximum absolute atomic E-state index is 12.5. The minimum atomic E-state index is -4.44. The second-order valence-corrected chi connectivity index (χ2v) is 8.77. The maximum Gasteiger partial charge on any atom is 0.416 e. The molecule has 2 rings (SSSR count). The smallest absolute Gasteiger partial charge is 0.416 e. The molecule has 10 heteroatoms. The van der Waals surface area contributed by atoms with Crippen LogP contribution in [0.2, 0.25) is 0 Å². The fourth-order valence-electron chi connectivity index (χ4n) is 2.76. The van der Waals surface area contributed by atoms with Gasteiger partial charge in [0.1, 0.15) is 0 Å². The summed E-state index contributed by atoms with van der Waals surface area (Å²) in [7, 11) is -1.70. The lowest BCUT2D eigenvalue weighted by molar-refractivity contribution is -0.155. The number of benzene rings is 1. The molecular formula is C18H20F3NO5S. The van der Waals surface area contributed by atoms with E-state index >= 15 is 0 Å². The van der Waals surface area contributed by atoms with Gasteiger partial charge >= 0.3 is 12.1 Å². The van der Waals surface area contributed by atoms with E-state index in [2.05, 4.69) is 0 Å². The molecule has 1 amide bonds. The van der Waals surface area contributed by atoms with E-state index in [0.717, 1.165) is 18.2 Å². The Kier molecular flexibility index (Phi) is 6.53. The van der Waals surface area contributed by atoms with E-state index in [1.54, 1.807) is 0 Å². The van der Waals surface area contributed by atoms with Crippen LogP contribution >= 0.6 is 0 Å². The molecule has 6 nitrogen and oxygen atoms in total. The first-order valence-electron chi connectivity index (χ1n) is 8.42. The van der Waals surface area contributed by atoms with Crippen molar-refractivity contribution in [3.05, 3.63) is 41.5 Å². The van der Waals surface area contributed by atoms with E-state index in [1.807, 2.05) is 0 Å². The van der Waals surface area contributed by atoms with Crippen LogP contribution in [0, 0.1) is 0 Å². The molecule has 2 atom stereocenters. The van der Waals surface area contributed by atoms with E-state index in [4.69, 9.17) is 4.74 Å². The Hall–Kier alpha value is -2.36. The van der Waals surface area contributed by atoms with Crippen LogP contribution in [-0.4, -0.2) is 55.9 Å². The second-order valence-electron chi connectivity index (χ2n) is 6.54. The predicted molar refractivity (Wildman–Crippen MR) is 95.9 cm³/mol. The third-order valence-electron chi connectivity index (χ3n) is 4.39. The zero-order valence-electron chi connectivity index (χ0n) is 15.3. The second kappa shape index (κ2) is 8.34. The number of rotatable bonds is 5. The summed E-state index contributed by atoms with van der Waals surface area (Å²) in [6.07, 6.45) is -2.96. The Balaban J connectivity index is 1.91. The predicted octanol–water partition coefficient (Wildman–Crippen LogP) is 2.30. The van der Waals surface area contributed by atoms with Crippen molar-refractivity contribution in [2.24, 2.45) is 0 Å². The fourth-order valence-corrected chi connectivity index (χ4v) is 4.53. The number of halogens is 3. The number of nitrogens with zero attached hydrogens (tertiary/aromatic N) is 1. The van der Waals surface area contributed by atoms with Crippen molar-refractivity contribution in [3.8, 4) is 0 Å². The van der Waals surface area contributed by atoms with Crippen molar-refractivity contribution < 1.29 is 35.9 Å². The van der Waals surface area contributed by atoms with Crippen LogP contribution in [-0.2, 0) is 30.3 Å². The molecule has 0 spiro atoms. The quantitative estimate of drug-likeness (QED) is 0.541. The number of alkyl halides is 3. The molecule has 0 unspecified atom stereocenters. The summed E-state index contributed by atoms with van der Waals surface area (Å²) in [5.74, 6) is -1.48. The van der Waals surface area contributed by atoms with Gasteiger partial charge in [-0.1, -0.05) is 12.1 Å². The van der Waals surface area contributed by atoms with Gasteiger partial charge in [-0.2, -0.15) is 13.2 Å². The fraction of sp³-hybridized carbons (Fsp3) is 0.444. The Bertz CT molecular complexity index is 862. The third-order valence-corrected chi connectivity index (χ3v) is 6.14. The Labute approximate surface area is 160 Å². The topological polar surface area (TPSA) is 80.8 Å². The first kappa shape index (κ1) is 21.9. The number of sulfone groups is 1. The Morgan fingerprint density at radius 1 is 1.25 bits per heavy atom. The molecule has 1 fully saturated rings. The first-order chi connectivity index (χ1) is 12.9. The summed E-state index contributed by atoms with van der Waals surface area (Å²) in [5.41, 5.74) is -0.444. The molecule has 0 aromatic heterocycles. The summed E-state index contributed by atoms with van der Waals surface area (Å²) in [4.78, 5) is 25.4. The molecule has 0 aliphatic carbocycles. The van der Waals surface area contributed by atoms with Crippen molar-refractivity contribution in [1.82, 2.24) is 4.90 Å². The van der Waals surface area contributed by atoms with Crippen molar-refractivity contribution in [3.63, 3.8) is 0 Å². The number of hydrogen-bond donors (Lipinski definition) is 0. The number of carbonyl (C=O) groups excluding carboxylic acids is 2. The van der Waals surface area contributed by atoms with Crippen LogP contribution < -0.4 is 0 Å². The minimum Gasteiger partial charge on any atom is -0.449 e. The number of amides is 1. The van der Waals surface area contributed by atoms with Gasteiger partial charge in [-0.05, 0) is 37.1 Å². The minimum absolute atomic E-state index is 0.0132. The average Bonchev–Trinajstić information content (AvgIpc) is 2.98. The van der Waals surface area contributed by atoms with Gasteiger partial charge in [0.15, 0.2) is 15.9 Å². The van der Waals surface area contributed by atoms with E-state index in [9.17, 15) is 31.2 Å². The van der Waals surface area contributed by atoms with Gasteiger partial charge in [-0.25, -0.2) is 13.2 Å². The van der Waals surface area contributed by atoms with Crippen LogP contribution in [0.4, 0.5) is 13.2 Å². The monoisotopic (exact) mass is 419 g/mol. The molecule has 28 heavy (non-hydrogen) atoms. The molecule has 1 aliphatic rings. The highest BCUT2D eigenvalue weighted by Crippen LogP contribution is 2.29. The number of esters is 1. The highest BCUT2D eigenvalue weighted by molar-refractivity contribution is 7.91. The average molecular weight is 419 g/mol. The molecule has 1 aromatic carbocycles. The summed E-state index contributed by atoms with van der Waals surface area (Å²) in [5, 5.41) is 0. The molecule has 0 bridgehead atoms. The zero-order chi connectivity index (χ0) is 21.1. The van der Waals surface area contributed by atoms with Gasteiger partial charge in [0.05, 0.1) is 17.1 Å². The van der Waals surface area contributed by atoms with Crippen molar-refractivity contribution >= 4 is 27.8 Å². The van der Waals surface area contributed by atoms with Crippen molar-refractivity contribution in [1.29, 1.82) is 0 Å². The van der Waals surface area contributed by atoms with E-state index < -0.39 is 45.6 Å². The van der Waals surface area contributed by atoms with Gasteiger partial charge in [-0.15, -0.1) is 0 Å². The van der Waals surface area contributed by atoms with E-state index in [1.165, 1.54) is 37.1 Å². The van der Waals surface area contributed by atoms with Gasteiger partial charge in [0, 0.05) is 19.2 Å². The lowest BCUT2D eigenvalue weighted by Crippen LogP contribution is -2.44. The molecule has 0 saturated carbocycles. The van der Waals surface area contributed by atoms with Crippen LogP contribution in [0.5, 0.6) is 0 Å². The largest absolute Gasteiger partial charge is 0.449 e. The zero-order valence-corrected chi connectivity index (χ0v) is 16.1. The van der Waals surface area contributed by atoms with E-state index in [-0.39, 0.29) is 11.5 Å². The first-order valence-corrected chi connectivity index (χ1v) is 10.2. The summed E-state index contributed by atoms with van der Waals surface area (Å²) in [6.45, 7) is 1.37. The van der Waals surface area contributed by atoms with Gasteiger partial charge in [-0.3, -0.25) is 4.79 Å². The van der Waals surface area contributed by atoms with Gasteiger partial charge in [0.25, 0.3) is 5.91 Å². The van der Waals surface area contributed by atoms with E-state index in [0.29, 0.717) is 12.0 Å². The third kappa shape index (κ3) is 5.82. The highest BCUT2D eigenvalue weighted by atomic mass is 32.2. The van der Waals surface area contributed by atoms with Crippen LogP contribution in [0.15, 0.2) is 30.3 Å². The standard InChI is InChI=1S/C18H20F3NO5S/c1-12(17(24)22(2)15-9-10-28(25,26)11-15)27-16(23)8-5-13-3-6-14(7-4-13)18(19,20)21/h3-8,12,15H,9-11H2,1-2H3/b8-5+/t12-,15+/m0/s1. The lowest BCUT2D eigenvalue weighted by Gasteiger charge is -2.26. The molecule has 154 valence electrons. The Morgan fingerprint density at radius 3 is 2.36 bits per heavy atom. The number of carbonyl (C=O) groups is 2.